The Bertz CT molecular complexity index is 376. The van der Waals surface area contributed by atoms with Gasteiger partial charge < -0.3 is 9.30 Å². The Morgan fingerprint density at radius 1 is 1.73 bits per heavy atom. The molecule has 0 aromatic carbocycles. The number of hydrogen-bond acceptors (Lipinski definition) is 3. The summed E-state index contributed by atoms with van der Waals surface area (Å²) in [5.74, 6) is -0.344. The molecule has 1 atom stereocenters. The van der Waals surface area contributed by atoms with E-state index in [-0.39, 0.29) is 12.0 Å². The van der Waals surface area contributed by atoms with Gasteiger partial charge in [0.15, 0.2) is 0 Å². The van der Waals surface area contributed by atoms with E-state index in [1.165, 1.54) is 7.11 Å². The van der Waals surface area contributed by atoms with E-state index in [4.69, 9.17) is 5.26 Å². The van der Waals surface area contributed by atoms with Crippen LogP contribution >= 0.6 is 0 Å². The zero-order chi connectivity index (χ0) is 11.3. The van der Waals surface area contributed by atoms with Crippen LogP contribution in [-0.2, 0) is 4.74 Å². The van der Waals surface area contributed by atoms with Crippen molar-refractivity contribution in [1.82, 2.24) is 4.57 Å². The second-order valence-electron chi connectivity index (χ2n) is 3.34. The van der Waals surface area contributed by atoms with Crippen molar-refractivity contribution in [3.8, 4) is 6.07 Å². The van der Waals surface area contributed by atoms with Gasteiger partial charge in [-0.15, -0.1) is 0 Å². The van der Waals surface area contributed by atoms with Crippen LogP contribution in [0.4, 0.5) is 0 Å². The molecule has 1 aromatic heterocycles. The van der Waals surface area contributed by atoms with Gasteiger partial charge in [-0.1, -0.05) is 0 Å². The van der Waals surface area contributed by atoms with E-state index >= 15 is 0 Å². The van der Waals surface area contributed by atoms with Crippen molar-refractivity contribution in [2.24, 2.45) is 0 Å². The van der Waals surface area contributed by atoms with Crippen LogP contribution in [0.15, 0.2) is 18.3 Å². The normalized spacial score (nSPS) is 11.8. The van der Waals surface area contributed by atoms with E-state index < -0.39 is 0 Å². The van der Waals surface area contributed by atoms with Crippen molar-refractivity contribution in [1.29, 1.82) is 5.26 Å². The van der Waals surface area contributed by atoms with Gasteiger partial charge >= 0.3 is 5.97 Å². The number of hydrogen-bond donors (Lipinski definition) is 0. The number of carbonyl (C=O) groups excluding carboxylic acids is 1. The predicted octanol–water partition coefficient (Wildman–Crippen LogP) is 2.14. The van der Waals surface area contributed by atoms with Crippen LogP contribution in [0.2, 0.25) is 0 Å². The molecule has 80 valence electrons. The quantitative estimate of drug-likeness (QED) is 0.709. The second-order valence-corrected chi connectivity index (χ2v) is 3.34. The summed E-state index contributed by atoms with van der Waals surface area (Å²) in [6, 6.07) is 5.74. The van der Waals surface area contributed by atoms with Gasteiger partial charge in [0.2, 0.25) is 0 Å². The number of esters is 1. The van der Waals surface area contributed by atoms with E-state index in [9.17, 15) is 4.79 Å². The smallest absolute Gasteiger partial charge is 0.354 e. The van der Waals surface area contributed by atoms with Gasteiger partial charge in [0.25, 0.3) is 0 Å². The molecule has 4 nitrogen and oxygen atoms in total. The summed E-state index contributed by atoms with van der Waals surface area (Å²) in [5, 5.41) is 8.49. The fourth-order valence-electron chi connectivity index (χ4n) is 1.47. The predicted molar refractivity (Wildman–Crippen MR) is 55.3 cm³/mol. The minimum Gasteiger partial charge on any atom is -0.464 e. The van der Waals surface area contributed by atoms with Gasteiger partial charge in [0.1, 0.15) is 5.69 Å². The molecule has 0 N–H and O–H groups in total. The van der Waals surface area contributed by atoms with Crippen molar-refractivity contribution in [3.63, 3.8) is 0 Å². The summed E-state index contributed by atoms with van der Waals surface area (Å²) < 4.78 is 6.50. The molecule has 0 saturated heterocycles. The molecule has 4 heteroatoms. The summed E-state index contributed by atoms with van der Waals surface area (Å²) in [7, 11) is 1.36. The Kier molecular flexibility index (Phi) is 3.92. The Hall–Kier alpha value is -1.76. The number of nitriles is 1. The van der Waals surface area contributed by atoms with Crippen LogP contribution in [-0.4, -0.2) is 17.6 Å². The Morgan fingerprint density at radius 3 is 3.07 bits per heavy atom. The molecular formula is C11H14N2O2. The van der Waals surface area contributed by atoms with Crippen LogP contribution in [0.25, 0.3) is 0 Å². The number of carbonyl (C=O) groups is 1. The lowest BCUT2D eigenvalue weighted by Crippen LogP contribution is -2.13. The zero-order valence-electron chi connectivity index (χ0n) is 8.93. The number of methoxy groups -OCH3 is 1. The highest BCUT2D eigenvalue weighted by Gasteiger charge is 2.14. The van der Waals surface area contributed by atoms with Gasteiger partial charge in [-0.2, -0.15) is 5.26 Å². The molecule has 0 aliphatic rings. The van der Waals surface area contributed by atoms with E-state index in [1.54, 1.807) is 12.1 Å². The Labute approximate surface area is 89.1 Å². The molecule has 15 heavy (non-hydrogen) atoms. The fraction of sp³-hybridized carbons (Fsp3) is 0.455. The first-order valence-electron chi connectivity index (χ1n) is 4.82. The van der Waals surface area contributed by atoms with Crippen molar-refractivity contribution in [3.05, 3.63) is 24.0 Å². The molecular weight excluding hydrogens is 192 g/mol. The summed E-state index contributed by atoms with van der Waals surface area (Å²) in [5.41, 5.74) is 0.530. The highest BCUT2D eigenvalue weighted by molar-refractivity contribution is 5.87. The van der Waals surface area contributed by atoms with Gasteiger partial charge in [-0.3, -0.25) is 0 Å². The largest absolute Gasteiger partial charge is 0.464 e. The average Bonchev–Trinajstić information content (AvgIpc) is 2.73. The summed E-state index contributed by atoms with van der Waals surface area (Å²) in [6.07, 6.45) is 3.05. The minimum absolute atomic E-state index is 0.133. The first-order chi connectivity index (χ1) is 7.20. The van der Waals surface area contributed by atoms with Crippen LogP contribution in [0, 0.1) is 11.3 Å². The summed E-state index contributed by atoms with van der Waals surface area (Å²) >= 11 is 0. The third kappa shape index (κ3) is 2.59. The summed E-state index contributed by atoms with van der Waals surface area (Å²) in [4.78, 5) is 11.4. The molecule has 0 fully saturated rings. The van der Waals surface area contributed by atoms with Crippen LogP contribution < -0.4 is 0 Å². The van der Waals surface area contributed by atoms with Crippen LogP contribution in [0.5, 0.6) is 0 Å². The highest BCUT2D eigenvalue weighted by atomic mass is 16.5. The van der Waals surface area contributed by atoms with E-state index in [0.717, 1.165) is 6.42 Å². The van der Waals surface area contributed by atoms with E-state index in [2.05, 4.69) is 10.8 Å². The van der Waals surface area contributed by atoms with Crippen molar-refractivity contribution >= 4 is 5.97 Å². The SMILES string of the molecule is COC(=O)c1cccn1C(C)CCC#N. The Balaban J connectivity index is 2.81. The van der Waals surface area contributed by atoms with Gasteiger partial charge in [0, 0.05) is 18.7 Å². The molecule has 0 radical (unpaired) electrons. The lowest BCUT2D eigenvalue weighted by Gasteiger charge is -2.14. The molecule has 0 amide bonds. The maximum Gasteiger partial charge on any atom is 0.354 e. The Morgan fingerprint density at radius 2 is 2.47 bits per heavy atom. The minimum atomic E-state index is -0.344. The van der Waals surface area contributed by atoms with E-state index in [0.29, 0.717) is 12.1 Å². The zero-order valence-corrected chi connectivity index (χ0v) is 8.93. The molecule has 1 heterocycles. The number of aromatic nitrogens is 1. The van der Waals surface area contributed by atoms with Crippen molar-refractivity contribution in [2.75, 3.05) is 7.11 Å². The first kappa shape index (κ1) is 11.3. The number of rotatable bonds is 4. The maximum absolute atomic E-state index is 11.4. The molecule has 1 aromatic rings. The summed E-state index contributed by atoms with van der Waals surface area (Å²) in [6.45, 7) is 1.98. The molecule has 0 bridgehead atoms. The molecule has 0 aliphatic carbocycles. The lowest BCUT2D eigenvalue weighted by molar-refractivity contribution is 0.0586. The highest BCUT2D eigenvalue weighted by Crippen LogP contribution is 2.17. The van der Waals surface area contributed by atoms with Crippen LogP contribution in [0.3, 0.4) is 0 Å². The third-order valence-corrected chi connectivity index (χ3v) is 2.32. The number of nitrogens with zero attached hydrogens (tertiary/aromatic N) is 2. The standard InChI is InChI=1S/C11H14N2O2/c1-9(5-3-7-12)13-8-4-6-10(13)11(14)15-2/h4,6,8-9H,3,5H2,1-2H3. The van der Waals surface area contributed by atoms with E-state index in [1.807, 2.05) is 17.7 Å². The number of ether oxygens (including phenoxy) is 1. The van der Waals surface area contributed by atoms with Crippen molar-refractivity contribution in [2.45, 2.75) is 25.8 Å². The molecule has 1 rings (SSSR count). The second kappa shape index (κ2) is 5.20. The maximum atomic E-state index is 11.4. The lowest BCUT2D eigenvalue weighted by atomic mass is 10.2. The third-order valence-electron chi connectivity index (χ3n) is 2.32. The first-order valence-corrected chi connectivity index (χ1v) is 4.82. The topological polar surface area (TPSA) is 55.0 Å². The molecule has 0 saturated carbocycles. The van der Waals surface area contributed by atoms with Crippen LogP contribution in [0.1, 0.15) is 36.3 Å². The van der Waals surface area contributed by atoms with Gasteiger partial charge in [-0.05, 0) is 25.5 Å². The van der Waals surface area contributed by atoms with Gasteiger partial charge in [0.05, 0.1) is 13.2 Å². The molecule has 1 unspecified atom stereocenters. The molecule has 0 spiro atoms. The molecule has 0 aliphatic heterocycles. The fourth-order valence-corrected chi connectivity index (χ4v) is 1.47. The van der Waals surface area contributed by atoms with Gasteiger partial charge in [-0.25, -0.2) is 4.79 Å². The monoisotopic (exact) mass is 206 g/mol. The van der Waals surface area contributed by atoms with Crippen molar-refractivity contribution < 1.29 is 9.53 Å². The average molecular weight is 206 g/mol.